The third kappa shape index (κ3) is 2.71. The maximum Gasteiger partial charge on any atom is 0.0586 e. The molecule has 1 aliphatic carbocycles. The molecule has 2 fully saturated rings. The van der Waals surface area contributed by atoms with Crippen molar-refractivity contribution in [3.05, 3.63) is 0 Å². The van der Waals surface area contributed by atoms with E-state index >= 15 is 0 Å². The minimum atomic E-state index is 0.325. The van der Waals surface area contributed by atoms with Gasteiger partial charge in [0.1, 0.15) is 0 Å². The third-order valence-corrected chi connectivity index (χ3v) is 4.04. The molecule has 2 rings (SSSR count). The number of nitrogens with zero attached hydrogens (tertiary/aromatic N) is 1. The molecule has 2 aliphatic rings. The van der Waals surface area contributed by atoms with E-state index in [4.69, 9.17) is 5.73 Å². The van der Waals surface area contributed by atoms with E-state index in [0.717, 1.165) is 6.42 Å². The van der Waals surface area contributed by atoms with Crippen LogP contribution in [0.25, 0.3) is 0 Å². The first-order valence-corrected chi connectivity index (χ1v) is 6.43. The molecule has 0 aromatic carbocycles. The van der Waals surface area contributed by atoms with Crippen molar-refractivity contribution in [1.29, 1.82) is 0 Å². The minimum Gasteiger partial charge on any atom is -0.395 e. The highest BCUT2D eigenvalue weighted by Crippen LogP contribution is 2.27. The molecule has 1 saturated carbocycles. The number of aliphatic hydroxyl groups is 1. The molecule has 3 N–H and O–H groups in total. The van der Waals surface area contributed by atoms with E-state index in [2.05, 4.69) is 4.90 Å². The third-order valence-electron chi connectivity index (χ3n) is 4.04. The van der Waals surface area contributed by atoms with Gasteiger partial charge in [0.25, 0.3) is 0 Å². The number of hydrogen-bond donors (Lipinski definition) is 2. The van der Waals surface area contributed by atoms with Crippen molar-refractivity contribution in [1.82, 2.24) is 4.90 Å². The molecule has 3 heteroatoms. The first-order chi connectivity index (χ1) is 7.31. The van der Waals surface area contributed by atoms with Gasteiger partial charge in [0.2, 0.25) is 0 Å². The van der Waals surface area contributed by atoms with Crippen LogP contribution >= 0.6 is 0 Å². The largest absolute Gasteiger partial charge is 0.395 e. The lowest BCUT2D eigenvalue weighted by Gasteiger charge is -2.43. The van der Waals surface area contributed by atoms with Gasteiger partial charge < -0.3 is 10.8 Å². The van der Waals surface area contributed by atoms with Crippen LogP contribution in [0.4, 0.5) is 0 Å². The Labute approximate surface area is 92.6 Å². The molecule has 0 spiro atoms. The smallest absolute Gasteiger partial charge is 0.0586 e. The molecule has 3 atom stereocenters. The molecular formula is C12H24N2O. The molecule has 0 bridgehead atoms. The monoisotopic (exact) mass is 212 g/mol. The van der Waals surface area contributed by atoms with E-state index in [9.17, 15) is 5.11 Å². The second kappa shape index (κ2) is 5.28. The van der Waals surface area contributed by atoms with E-state index in [-0.39, 0.29) is 0 Å². The van der Waals surface area contributed by atoms with Gasteiger partial charge in [0, 0.05) is 18.1 Å². The SMILES string of the molecule is NC1CCCC(N2CCCCC2CO)C1. The number of rotatable bonds is 2. The maximum absolute atomic E-state index is 9.39. The average Bonchev–Trinajstić information content (AvgIpc) is 2.29. The van der Waals surface area contributed by atoms with Crippen molar-refractivity contribution >= 4 is 0 Å². The first-order valence-electron chi connectivity index (χ1n) is 6.43. The molecule has 15 heavy (non-hydrogen) atoms. The van der Waals surface area contributed by atoms with E-state index in [1.165, 1.54) is 45.1 Å². The van der Waals surface area contributed by atoms with Crippen LogP contribution in [0.5, 0.6) is 0 Å². The predicted molar refractivity (Wildman–Crippen MR) is 61.7 cm³/mol. The zero-order valence-electron chi connectivity index (χ0n) is 9.57. The van der Waals surface area contributed by atoms with E-state index in [1.54, 1.807) is 0 Å². The van der Waals surface area contributed by atoms with Gasteiger partial charge in [0.15, 0.2) is 0 Å². The summed E-state index contributed by atoms with van der Waals surface area (Å²) in [7, 11) is 0. The van der Waals surface area contributed by atoms with Gasteiger partial charge in [-0.2, -0.15) is 0 Å². The Morgan fingerprint density at radius 2 is 2.00 bits per heavy atom. The van der Waals surface area contributed by atoms with Crippen LogP contribution in [0.1, 0.15) is 44.9 Å². The molecule has 1 aliphatic heterocycles. The maximum atomic E-state index is 9.39. The molecule has 88 valence electrons. The van der Waals surface area contributed by atoms with Gasteiger partial charge in [-0.05, 0) is 38.6 Å². The fourth-order valence-corrected chi connectivity index (χ4v) is 3.20. The second-order valence-corrected chi connectivity index (χ2v) is 5.15. The van der Waals surface area contributed by atoms with Crippen molar-refractivity contribution in [2.45, 2.75) is 63.1 Å². The van der Waals surface area contributed by atoms with Crippen molar-refractivity contribution in [2.24, 2.45) is 5.73 Å². The summed E-state index contributed by atoms with van der Waals surface area (Å²) in [6.45, 7) is 1.49. The number of piperidine rings is 1. The van der Waals surface area contributed by atoms with E-state index < -0.39 is 0 Å². The zero-order chi connectivity index (χ0) is 10.7. The Bertz CT molecular complexity index is 198. The van der Waals surface area contributed by atoms with E-state index in [1.807, 2.05) is 0 Å². The van der Waals surface area contributed by atoms with Crippen molar-refractivity contribution < 1.29 is 5.11 Å². The quantitative estimate of drug-likeness (QED) is 0.721. The second-order valence-electron chi connectivity index (χ2n) is 5.15. The van der Waals surface area contributed by atoms with Crippen LogP contribution in [-0.4, -0.2) is 41.3 Å². The summed E-state index contributed by atoms with van der Waals surface area (Å²) in [4.78, 5) is 2.53. The standard InChI is InChI=1S/C12H24N2O/c13-10-4-3-6-11(8-10)14-7-2-1-5-12(14)9-15/h10-12,15H,1-9,13H2. The Kier molecular flexibility index (Phi) is 4.00. The number of likely N-dealkylation sites (tertiary alicyclic amines) is 1. The Hall–Kier alpha value is -0.120. The van der Waals surface area contributed by atoms with E-state index in [0.29, 0.717) is 24.7 Å². The highest BCUT2D eigenvalue weighted by molar-refractivity contribution is 4.87. The molecule has 3 unspecified atom stereocenters. The van der Waals surface area contributed by atoms with Crippen molar-refractivity contribution in [3.8, 4) is 0 Å². The minimum absolute atomic E-state index is 0.325. The molecule has 0 aromatic rings. The van der Waals surface area contributed by atoms with Crippen LogP contribution in [0.2, 0.25) is 0 Å². The lowest BCUT2D eigenvalue weighted by Crippen LogP contribution is -2.51. The Morgan fingerprint density at radius 3 is 2.73 bits per heavy atom. The molecule has 1 heterocycles. The first kappa shape index (κ1) is 11.4. The lowest BCUT2D eigenvalue weighted by molar-refractivity contribution is 0.0354. The van der Waals surface area contributed by atoms with Gasteiger partial charge >= 0.3 is 0 Å². The summed E-state index contributed by atoms with van der Waals surface area (Å²) >= 11 is 0. The fourth-order valence-electron chi connectivity index (χ4n) is 3.20. The van der Waals surface area contributed by atoms with Crippen molar-refractivity contribution in [2.75, 3.05) is 13.2 Å². The summed E-state index contributed by atoms with van der Waals surface area (Å²) in [6, 6.07) is 1.45. The highest BCUT2D eigenvalue weighted by atomic mass is 16.3. The van der Waals surface area contributed by atoms with Crippen LogP contribution < -0.4 is 5.73 Å². The van der Waals surface area contributed by atoms with Gasteiger partial charge in [0.05, 0.1) is 6.61 Å². The Balaban J connectivity index is 1.94. The topological polar surface area (TPSA) is 49.5 Å². The fraction of sp³-hybridized carbons (Fsp3) is 1.00. The van der Waals surface area contributed by atoms with Gasteiger partial charge in [-0.1, -0.05) is 12.8 Å². The number of aliphatic hydroxyl groups excluding tert-OH is 1. The van der Waals surface area contributed by atoms with Gasteiger partial charge in [-0.15, -0.1) is 0 Å². The number of hydrogen-bond acceptors (Lipinski definition) is 3. The number of nitrogens with two attached hydrogens (primary N) is 1. The molecule has 0 amide bonds. The van der Waals surface area contributed by atoms with Gasteiger partial charge in [-0.25, -0.2) is 0 Å². The summed E-state index contributed by atoms with van der Waals surface area (Å²) < 4.78 is 0. The van der Waals surface area contributed by atoms with Crippen LogP contribution in [0.3, 0.4) is 0 Å². The summed E-state index contributed by atoms with van der Waals surface area (Å²) in [5.74, 6) is 0. The molecule has 0 aromatic heterocycles. The highest BCUT2D eigenvalue weighted by Gasteiger charge is 2.30. The molecular weight excluding hydrogens is 188 g/mol. The lowest BCUT2D eigenvalue weighted by atomic mass is 9.88. The summed E-state index contributed by atoms with van der Waals surface area (Å²) in [5.41, 5.74) is 6.03. The summed E-state index contributed by atoms with van der Waals surface area (Å²) in [6.07, 6.45) is 8.61. The van der Waals surface area contributed by atoms with Gasteiger partial charge in [-0.3, -0.25) is 4.90 Å². The summed E-state index contributed by atoms with van der Waals surface area (Å²) in [5, 5.41) is 9.39. The molecule has 3 nitrogen and oxygen atoms in total. The molecule has 0 radical (unpaired) electrons. The van der Waals surface area contributed by atoms with Crippen LogP contribution in [0.15, 0.2) is 0 Å². The average molecular weight is 212 g/mol. The Morgan fingerprint density at radius 1 is 1.13 bits per heavy atom. The zero-order valence-corrected chi connectivity index (χ0v) is 9.57. The predicted octanol–water partition coefficient (Wildman–Crippen LogP) is 1.10. The van der Waals surface area contributed by atoms with Crippen molar-refractivity contribution in [3.63, 3.8) is 0 Å². The molecule has 1 saturated heterocycles. The van der Waals surface area contributed by atoms with Crippen LogP contribution in [0, 0.1) is 0 Å². The normalized spacial score (nSPS) is 39.2. The van der Waals surface area contributed by atoms with Crippen LogP contribution in [-0.2, 0) is 0 Å².